The number of benzene rings is 1. The zero-order chi connectivity index (χ0) is 9.14. The van der Waals surface area contributed by atoms with Gasteiger partial charge in [-0.2, -0.15) is 12.6 Å². The molecule has 1 aromatic carbocycles. The third kappa shape index (κ3) is 2.21. The van der Waals surface area contributed by atoms with Gasteiger partial charge in [-0.1, -0.05) is 15.9 Å². The highest BCUT2D eigenvalue weighted by molar-refractivity contribution is 9.10. The largest absolute Gasteiger partial charge is 0.329 e. The van der Waals surface area contributed by atoms with E-state index in [1.165, 1.54) is 6.07 Å². The third-order valence-corrected chi connectivity index (χ3v) is 2.52. The quantitative estimate of drug-likeness (QED) is 0.775. The van der Waals surface area contributed by atoms with Crippen LogP contribution in [0.3, 0.4) is 0 Å². The fourth-order valence-electron chi connectivity index (χ4n) is 0.897. The van der Waals surface area contributed by atoms with Gasteiger partial charge in [0.05, 0.1) is 0 Å². The van der Waals surface area contributed by atoms with Crippen molar-refractivity contribution in [2.75, 3.05) is 6.54 Å². The van der Waals surface area contributed by atoms with E-state index in [4.69, 9.17) is 5.73 Å². The zero-order valence-electron chi connectivity index (χ0n) is 6.30. The lowest BCUT2D eigenvalue weighted by atomic mass is 10.1. The van der Waals surface area contributed by atoms with E-state index < -0.39 is 0 Å². The van der Waals surface area contributed by atoms with Crippen LogP contribution in [0.15, 0.2) is 22.7 Å². The lowest BCUT2D eigenvalue weighted by Crippen LogP contribution is -2.08. The molecular formula is C8H9BrFNS. The maximum atomic E-state index is 13.1. The van der Waals surface area contributed by atoms with Gasteiger partial charge in [0.1, 0.15) is 5.82 Å². The van der Waals surface area contributed by atoms with Gasteiger partial charge >= 0.3 is 0 Å². The number of halogens is 2. The van der Waals surface area contributed by atoms with Crippen LogP contribution in [-0.4, -0.2) is 6.54 Å². The van der Waals surface area contributed by atoms with Gasteiger partial charge in [0.25, 0.3) is 0 Å². The van der Waals surface area contributed by atoms with Crippen molar-refractivity contribution in [1.82, 2.24) is 0 Å². The van der Waals surface area contributed by atoms with Gasteiger partial charge in [-0.3, -0.25) is 0 Å². The molecule has 0 bridgehead atoms. The van der Waals surface area contributed by atoms with Gasteiger partial charge in [-0.25, -0.2) is 4.39 Å². The summed E-state index contributed by atoms with van der Waals surface area (Å²) in [5.41, 5.74) is 5.90. The molecule has 66 valence electrons. The monoisotopic (exact) mass is 249 g/mol. The van der Waals surface area contributed by atoms with Crippen LogP contribution < -0.4 is 5.73 Å². The van der Waals surface area contributed by atoms with Crippen molar-refractivity contribution in [1.29, 1.82) is 0 Å². The van der Waals surface area contributed by atoms with Crippen LogP contribution in [0, 0.1) is 5.82 Å². The van der Waals surface area contributed by atoms with Gasteiger partial charge < -0.3 is 5.73 Å². The maximum Gasteiger partial charge on any atom is 0.127 e. The van der Waals surface area contributed by atoms with Crippen molar-refractivity contribution in [3.8, 4) is 0 Å². The van der Waals surface area contributed by atoms with E-state index >= 15 is 0 Å². The summed E-state index contributed by atoms with van der Waals surface area (Å²) in [7, 11) is 0. The molecule has 2 N–H and O–H groups in total. The normalized spacial score (nSPS) is 13.0. The zero-order valence-corrected chi connectivity index (χ0v) is 8.78. The minimum Gasteiger partial charge on any atom is -0.329 e. The van der Waals surface area contributed by atoms with Crippen LogP contribution in [0.1, 0.15) is 10.8 Å². The molecule has 0 aliphatic carbocycles. The van der Waals surface area contributed by atoms with Crippen LogP contribution in [-0.2, 0) is 0 Å². The maximum absolute atomic E-state index is 13.1. The van der Waals surface area contributed by atoms with Crippen LogP contribution >= 0.6 is 28.6 Å². The average molecular weight is 250 g/mol. The second-order valence-electron chi connectivity index (χ2n) is 2.42. The molecule has 1 unspecified atom stereocenters. The molecule has 0 saturated heterocycles. The molecule has 0 saturated carbocycles. The highest BCUT2D eigenvalue weighted by Gasteiger charge is 2.09. The Morgan fingerprint density at radius 1 is 1.58 bits per heavy atom. The molecule has 12 heavy (non-hydrogen) atoms. The molecule has 1 atom stereocenters. The standard InChI is InChI=1S/C8H9BrFNS/c9-5-1-2-7(10)6(3-5)8(12)4-11/h1-3,8,12H,4,11H2. The molecule has 1 nitrogen and oxygen atoms in total. The Labute approximate surface area is 84.7 Å². The van der Waals surface area contributed by atoms with Crippen LogP contribution in [0.2, 0.25) is 0 Å². The highest BCUT2D eigenvalue weighted by Crippen LogP contribution is 2.24. The summed E-state index contributed by atoms with van der Waals surface area (Å²) in [5, 5.41) is -0.234. The molecule has 0 spiro atoms. The molecule has 1 aromatic rings. The fourth-order valence-corrected chi connectivity index (χ4v) is 1.47. The van der Waals surface area contributed by atoms with E-state index in [9.17, 15) is 4.39 Å². The molecule has 4 heteroatoms. The summed E-state index contributed by atoms with van der Waals surface area (Å²) in [4.78, 5) is 0. The second-order valence-corrected chi connectivity index (χ2v) is 3.96. The minimum atomic E-state index is -0.261. The molecule has 0 fully saturated rings. The van der Waals surface area contributed by atoms with Crippen molar-refractivity contribution >= 4 is 28.6 Å². The van der Waals surface area contributed by atoms with Crippen molar-refractivity contribution in [2.45, 2.75) is 5.25 Å². The molecule has 0 aliphatic rings. The lowest BCUT2D eigenvalue weighted by Gasteiger charge is -2.09. The first-order valence-corrected chi connectivity index (χ1v) is 4.79. The molecule has 0 aromatic heterocycles. The Morgan fingerprint density at radius 3 is 2.83 bits per heavy atom. The van der Waals surface area contributed by atoms with Crippen molar-refractivity contribution in [2.24, 2.45) is 5.73 Å². The minimum absolute atomic E-state index is 0.234. The van der Waals surface area contributed by atoms with Crippen molar-refractivity contribution in [3.05, 3.63) is 34.1 Å². The summed E-state index contributed by atoms with van der Waals surface area (Å²) in [6.07, 6.45) is 0. The fraction of sp³-hybridized carbons (Fsp3) is 0.250. The molecule has 0 radical (unpaired) electrons. The Balaban J connectivity index is 3.04. The molecule has 1 rings (SSSR count). The predicted molar refractivity (Wildman–Crippen MR) is 54.9 cm³/mol. The average Bonchev–Trinajstić information content (AvgIpc) is 2.08. The Kier molecular flexibility index (Phi) is 3.55. The summed E-state index contributed by atoms with van der Waals surface area (Å²) in [6, 6.07) is 4.74. The van der Waals surface area contributed by atoms with E-state index in [2.05, 4.69) is 28.6 Å². The summed E-state index contributed by atoms with van der Waals surface area (Å²) in [6.45, 7) is 0.330. The van der Waals surface area contributed by atoms with Crippen LogP contribution in [0.25, 0.3) is 0 Å². The van der Waals surface area contributed by atoms with Crippen LogP contribution in [0.4, 0.5) is 4.39 Å². The first kappa shape index (κ1) is 10.0. The van der Waals surface area contributed by atoms with E-state index in [0.29, 0.717) is 12.1 Å². The van der Waals surface area contributed by atoms with Gasteiger partial charge in [0.15, 0.2) is 0 Å². The molecule has 0 aliphatic heterocycles. The first-order chi connectivity index (χ1) is 5.65. The topological polar surface area (TPSA) is 26.0 Å². The SMILES string of the molecule is NCC(S)c1cc(Br)ccc1F. The lowest BCUT2D eigenvalue weighted by molar-refractivity contribution is 0.608. The molecule has 0 amide bonds. The van der Waals surface area contributed by atoms with E-state index in [-0.39, 0.29) is 11.1 Å². The molecule has 0 heterocycles. The summed E-state index contributed by atoms with van der Waals surface area (Å²) >= 11 is 7.40. The van der Waals surface area contributed by atoms with Gasteiger partial charge in [0.2, 0.25) is 0 Å². The second kappa shape index (κ2) is 4.25. The number of nitrogens with two attached hydrogens (primary N) is 1. The Bertz CT molecular complexity index is 280. The van der Waals surface area contributed by atoms with E-state index in [1.54, 1.807) is 12.1 Å². The number of thiol groups is 1. The summed E-state index contributed by atoms with van der Waals surface area (Å²) in [5.74, 6) is -0.261. The third-order valence-electron chi connectivity index (χ3n) is 1.54. The summed E-state index contributed by atoms with van der Waals surface area (Å²) < 4.78 is 13.9. The molecular weight excluding hydrogens is 241 g/mol. The number of rotatable bonds is 2. The van der Waals surface area contributed by atoms with Gasteiger partial charge in [-0.05, 0) is 18.2 Å². The van der Waals surface area contributed by atoms with Crippen molar-refractivity contribution in [3.63, 3.8) is 0 Å². The van der Waals surface area contributed by atoms with E-state index in [0.717, 1.165) is 4.47 Å². The van der Waals surface area contributed by atoms with Gasteiger partial charge in [-0.15, -0.1) is 0 Å². The van der Waals surface area contributed by atoms with E-state index in [1.807, 2.05) is 0 Å². The highest BCUT2D eigenvalue weighted by atomic mass is 79.9. The smallest absolute Gasteiger partial charge is 0.127 e. The Morgan fingerprint density at radius 2 is 2.25 bits per heavy atom. The number of hydrogen-bond acceptors (Lipinski definition) is 2. The van der Waals surface area contributed by atoms with Crippen LogP contribution in [0.5, 0.6) is 0 Å². The predicted octanol–water partition coefficient (Wildman–Crippen LogP) is 2.52. The number of hydrogen-bond donors (Lipinski definition) is 2. The van der Waals surface area contributed by atoms with Gasteiger partial charge in [0, 0.05) is 21.8 Å². The van der Waals surface area contributed by atoms with Crippen molar-refractivity contribution < 1.29 is 4.39 Å². The Hall–Kier alpha value is -0.0600. The first-order valence-electron chi connectivity index (χ1n) is 3.48.